The minimum atomic E-state index is 0.174. The summed E-state index contributed by atoms with van der Waals surface area (Å²) in [7, 11) is 0. The number of hydrogen-bond acceptors (Lipinski definition) is 1. The first-order valence-electron chi connectivity index (χ1n) is 3.64. The topological polar surface area (TPSA) is 28.7 Å². The molecular formula is C8H13BrN2. The van der Waals surface area contributed by atoms with Gasteiger partial charge < -0.3 is 4.98 Å². The molecule has 0 aliphatic rings. The molecule has 1 aromatic rings. The Balaban J connectivity index is 2.89. The average Bonchev–Trinajstić information content (AvgIpc) is 2.32. The quantitative estimate of drug-likeness (QED) is 0.719. The van der Waals surface area contributed by atoms with Gasteiger partial charge in [-0.2, -0.15) is 0 Å². The summed E-state index contributed by atoms with van der Waals surface area (Å²) in [5, 5.41) is 0.795. The van der Waals surface area contributed by atoms with Gasteiger partial charge in [0.05, 0.1) is 5.33 Å². The first kappa shape index (κ1) is 8.78. The molecule has 1 heterocycles. The van der Waals surface area contributed by atoms with Crippen molar-refractivity contribution in [2.45, 2.75) is 31.5 Å². The summed E-state index contributed by atoms with van der Waals surface area (Å²) < 4.78 is 0. The highest BCUT2D eigenvalue weighted by atomic mass is 79.9. The predicted molar refractivity (Wildman–Crippen MR) is 49.9 cm³/mol. The zero-order chi connectivity index (χ0) is 8.48. The second-order valence-corrected chi connectivity index (χ2v) is 4.19. The van der Waals surface area contributed by atoms with E-state index in [1.165, 1.54) is 5.69 Å². The summed E-state index contributed by atoms with van der Waals surface area (Å²) in [6.45, 7) is 6.50. The van der Waals surface area contributed by atoms with Crippen LogP contribution in [0.4, 0.5) is 0 Å². The van der Waals surface area contributed by atoms with Crippen LogP contribution >= 0.6 is 15.9 Å². The van der Waals surface area contributed by atoms with E-state index in [0.29, 0.717) is 0 Å². The van der Waals surface area contributed by atoms with Gasteiger partial charge in [0, 0.05) is 17.3 Å². The largest absolute Gasteiger partial charge is 0.345 e. The molecular weight excluding hydrogens is 204 g/mol. The third kappa shape index (κ3) is 2.06. The molecule has 0 aliphatic carbocycles. The third-order valence-electron chi connectivity index (χ3n) is 1.56. The molecule has 0 atom stereocenters. The Morgan fingerprint density at radius 2 is 2.18 bits per heavy atom. The molecule has 0 unspecified atom stereocenters. The molecule has 0 bridgehead atoms. The van der Waals surface area contributed by atoms with Crippen molar-refractivity contribution in [2.75, 3.05) is 0 Å². The van der Waals surface area contributed by atoms with Crippen LogP contribution in [0.15, 0.2) is 6.20 Å². The van der Waals surface area contributed by atoms with Gasteiger partial charge in [0.1, 0.15) is 5.82 Å². The van der Waals surface area contributed by atoms with Gasteiger partial charge in [-0.1, -0.05) is 36.7 Å². The Bertz CT molecular complexity index is 234. The highest BCUT2D eigenvalue weighted by molar-refractivity contribution is 9.08. The van der Waals surface area contributed by atoms with E-state index in [4.69, 9.17) is 0 Å². The van der Waals surface area contributed by atoms with Gasteiger partial charge in [-0.3, -0.25) is 0 Å². The fourth-order valence-corrected chi connectivity index (χ4v) is 1.10. The number of imidazole rings is 1. The van der Waals surface area contributed by atoms with Gasteiger partial charge in [0.2, 0.25) is 0 Å². The van der Waals surface area contributed by atoms with Crippen LogP contribution in [0, 0.1) is 0 Å². The van der Waals surface area contributed by atoms with E-state index in [1.807, 2.05) is 6.20 Å². The third-order valence-corrected chi connectivity index (χ3v) is 2.09. The maximum absolute atomic E-state index is 4.20. The van der Waals surface area contributed by atoms with Gasteiger partial charge in [-0.05, 0) is 0 Å². The molecule has 0 aliphatic heterocycles. The highest BCUT2D eigenvalue weighted by Crippen LogP contribution is 2.19. The monoisotopic (exact) mass is 216 g/mol. The Labute approximate surface area is 75.6 Å². The molecule has 11 heavy (non-hydrogen) atoms. The molecule has 0 fully saturated rings. The second kappa shape index (κ2) is 2.97. The van der Waals surface area contributed by atoms with Crippen LogP contribution in [0.1, 0.15) is 32.3 Å². The van der Waals surface area contributed by atoms with Gasteiger partial charge in [0.25, 0.3) is 0 Å². The van der Waals surface area contributed by atoms with Crippen LogP contribution in [0.2, 0.25) is 0 Å². The van der Waals surface area contributed by atoms with Gasteiger partial charge in [0.15, 0.2) is 0 Å². The van der Waals surface area contributed by atoms with Crippen molar-refractivity contribution < 1.29 is 0 Å². The van der Waals surface area contributed by atoms with E-state index in [2.05, 4.69) is 46.7 Å². The number of H-pyrrole nitrogens is 1. The molecule has 1 rings (SSSR count). The van der Waals surface area contributed by atoms with Crippen molar-refractivity contribution >= 4 is 15.9 Å². The fourth-order valence-electron chi connectivity index (χ4n) is 0.812. The predicted octanol–water partition coefficient (Wildman–Crippen LogP) is 2.60. The second-order valence-electron chi connectivity index (χ2n) is 3.63. The van der Waals surface area contributed by atoms with E-state index in [9.17, 15) is 0 Å². The van der Waals surface area contributed by atoms with Crippen LogP contribution in [-0.2, 0) is 10.7 Å². The van der Waals surface area contributed by atoms with Gasteiger partial charge >= 0.3 is 0 Å². The highest BCUT2D eigenvalue weighted by Gasteiger charge is 2.15. The Kier molecular flexibility index (Phi) is 2.37. The van der Waals surface area contributed by atoms with E-state index in [0.717, 1.165) is 11.2 Å². The van der Waals surface area contributed by atoms with Crippen LogP contribution < -0.4 is 0 Å². The number of rotatable bonds is 1. The molecule has 0 saturated carbocycles. The van der Waals surface area contributed by atoms with Crippen molar-refractivity contribution in [3.8, 4) is 0 Å². The number of nitrogens with zero attached hydrogens (tertiary/aromatic N) is 1. The first-order chi connectivity index (χ1) is 5.04. The Hall–Kier alpha value is -0.310. The molecule has 3 heteroatoms. The molecule has 0 saturated heterocycles. The van der Waals surface area contributed by atoms with Crippen molar-refractivity contribution in [1.29, 1.82) is 0 Å². The SMILES string of the molecule is CC(C)(C)c1cnc(CBr)[nH]1. The summed E-state index contributed by atoms with van der Waals surface area (Å²) in [5.74, 6) is 0.995. The van der Waals surface area contributed by atoms with Crippen molar-refractivity contribution in [2.24, 2.45) is 0 Å². The average molecular weight is 217 g/mol. The zero-order valence-corrected chi connectivity index (χ0v) is 8.70. The lowest BCUT2D eigenvalue weighted by Gasteiger charge is -2.14. The Morgan fingerprint density at radius 1 is 1.55 bits per heavy atom. The number of nitrogens with one attached hydrogen (secondary N) is 1. The number of aromatic amines is 1. The maximum atomic E-state index is 4.20. The van der Waals surface area contributed by atoms with Gasteiger partial charge in [-0.15, -0.1) is 0 Å². The summed E-state index contributed by atoms with van der Waals surface area (Å²) in [6.07, 6.45) is 1.90. The summed E-state index contributed by atoms with van der Waals surface area (Å²) >= 11 is 3.34. The van der Waals surface area contributed by atoms with E-state index in [1.54, 1.807) is 0 Å². The number of hydrogen-bond donors (Lipinski definition) is 1. The maximum Gasteiger partial charge on any atom is 0.116 e. The van der Waals surface area contributed by atoms with Crippen molar-refractivity contribution in [3.05, 3.63) is 17.7 Å². The van der Waals surface area contributed by atoms with Crippen molar-refractivity contribution in [1.82, 2.24) is 9.97 Å². The molecule has 1 N–H and O–H groups in total. The molecule has 0 spiro atoms. The molecule has 0 radical (unpaired) electrons. The lowest BCUT2D eigenvalue weighted by Crippen LogP contribution is -2.11. The smallest absolute Gasteiger partial charge is 0.116 e. The normalized spacial score (nSPS) is 12.0. The minimum absolute atomic E-state index is 0.174. The molecule has 0 amide bonds. The number of alkyl halides is 1. The first-order valence-corrected chi connectivity index (χ1v) is 4.76. The Morgan fingerprint density at radius 3 is 2.45 bits per heavy atom. The van der Waals surface area contributed by atoms with Crippen LogP contribution in [0.3, 0.4) is 0 Å². The lowest BCUT2D eigenvalue weighted by molar-refractivity contribution is 0.571. The summed E-state index contributed by atoms with van der Waals surface area (Å²) in [4.78, 5) is 7.44. The minimum Gasteiger partial charge on any atom is -0.345 e. The van der Waals surface area contributed by atoms with E-state index in [-0.39, 0.29) is 5.41 Å². The lowest BCUT2D eigenvalue weighted by atomic mass is 9.93. The summed E-state index contributed by atoms with van der Waals surface area (Å²) in [5.41, 5.74) is 1.36. The van der Waals surface area contributed by atoms with E-state index < -0.39 is 0 Å². The van der Waals surface area contributed by atoms with Crippen molar-refractivity contribution in [3.63, 3.8) is 0 Å². The molecule has 62 valence electrons. The van der Waals surface area contributed by atoms with Crippen LogP contribution in [0.5, 0.6) is 0 Å². The number of halogens is 1. The van der Waals surface area contributed by atoms with Crippen LogP contribution in [-0.4, -0.2) is 9.97 Å². The van der Waals surface area contributed by atoms with Crippen LogP contribution in [0.25, 0.3) is 0 Å². The zero-order valence-electron chi connectivity index (χ0n) is 7.11. The standard InChI is InChI=1S/C8H13BrN2/c1-8(2,3)6-5-10-7(4-9)11-6/h5H,4H2,1-3H3,(H,10,11). The molecule has 1 aromatic heterocycles. The number of aromatic nitrogens is 2. The van der Waals surface area contributed by atoms with Gasteiger partial charge in [-0.25, -0.2) is 4.98 Å². The molecule has 0 aromatic carbocycles. The summed E-state index contributed by atoms with van der Waals surface area (Å²) in [6, 6.07) is 0. The molecule has 2 nitrogen and oxygen atoms in total. The fraction of sp³-hybridized carbons (Fsp3) is 0.625. The van der Waals surface area contributed by atoms with E-state index >= 15 is 0 Å².